The van der Waals surface area contributed by atoms with E-state index >= 15 is 0 Å². The number of allylic oxidation sites excluding steroid dienone is 2. The molecule has 0 spiro atoms. The molecular weight excluding hydrogens is 305 g/mol. The molecule has 0 radical (unpaired) electrons. The van der Waals surface area contributed by atoms with E-state index in [1.54, 1.807) is 12.1 Å². The van der Waals surface area contributed by atoms with Crippen LogP contribution in [-0.2, 0) is 4.74 Å². The lowest BCUT2D eigenvalue weighted by atomic mass is 10.0. The number of carbonyl (C=O) groups excluding carboxylic acids is 1. The summed E-state index contributed by atoms with van der Waals surface area (Å²) in [5.74, 6) is 6.32. The third kappa shape index (κ3) is 5.73. The molecule has 4 heteroatoms. The van der Waals surface area contributed by atoms with Gasteiger partial charge in [-0.25, -0.2) is 4.79 Å². The fourth-order valence-electron chi connectivity index (χ4n) is 2.44. The van der Waals surface area contributed by atoms with Crippen molar-refractivity contribution in [1.29, 1.82) is 0 Å². The van der Waals surface area contributed by atoms with Gasteiger partial charge in [-0.1, -0.05) is 42.3 Å². The summed E-state index contributed by atoms with van der Waals surface area (Å²) in [6, 6.07) is 6.47. The van der Waals surface area contributed by atoms with Crippen molar-refractivity contribution in [2.45, 2.75) is 52.1 Å². The highest BCUT2D eigenvalue weighted by Gasteiger charge is 2.21. The van der Waals surface area contributed by atoms with Crippen molar-refractivity contribution in [2.24, 2.45) is 5.92 Å². The van der Waals surface area contributed by atoms with Crippen LogP contribution in [0.5, 0.6) is 0 Å². The normalized spacial score (nSPS) is 18.8. The number of hydrogen-bond acceptors (Lipinski definition) is 2. The first kappa shape index (κ1) is 18.1. The van der Waals surface area contributed by atoms with Crippen LogP contribution in [0.25, 0.3) is 0 Å². The number of nitrogens with zero attached hydrogens (tertiary/aromatic N) is 1. The molecule has 0 heterocycles. The molecule has 24 heavy (non-hydrogen) atoms. The Morgan fingerprint density at radius 1 is 1.21 bits per heavy atom. The Kier molecular flexibility index (Phi) is 6.87. The number of halogens is 1. The Labute approximate surface area is 143 Å². The molecular formula is C20H24FNO2. The van der Waals surface area contributed by atoms with E-state index in [9.17, 15) is 9.28 Å². The second-order valence-corrected chi connectivity index (χ2v) is 6.24. The lowest BCUT2D eigenvalue weighted by Crippen LogP contribution is -2.28. The van der Waals surface area contributed by atoms with E-state index < -0.39 is 6.09 Å². The smallest absolute Gasteiger partial charge is 0.443 e. The van der Waals surface area contributed by atoms with Crippen LogP contribution in [0, 0.1) is 17.8 Å². The number of benzene rings is 1. The fraction of sp³-hybridized carbons (Fsp3) is 0.450. The molecule has 1 aromatic carbocycles. The number of rotatable bonds is 2. The van der Waals surface area contributed by atoms with Crippen LogP contribution in [0.2, 0.25) is 0 Å². The molecule has 1 amide bonds. The maximum absolute atomic E-state index is 14.2. The zero-order valence-electron chi connectivity index (χ0n) is 14.3. The average Bonchev–Trinajstić information content (AvgIpc) is 2.55. The van der Waals surface area contributed by atoms with Crippen LogP contribution in [0.4, 0.5) is 15.0 Å². The van der Waals surface area contributed by atoms with E-state index in [4.69, 9.17) is 4.74 Å². The molecule has 0 saturated carbocycles. The minimum atomic E-state index is -0.953. The molecule has 1 aromatic rings. The van der Waals surface area contributed by atoms with Gasteiger partial charge in [0, 0.05) is 11.5 Å². The Bertz CT molecular complexity index is 625. The first-order valence-corrected chi connectivity index (χ1v) is 8.49. The van der Waals surface area contributed by atoms with E-state index in [0.717, 1.165) is 37.7 Å². The summed E-state index contributed by atoms with van der Waals surface area (Å²) in [6.07, 6.45) is 7.34. The summed E-state index contributed by atoms with van der Waals surface area (Å²) in [5.41, 5.74) is 0.946. The SMILES string of the molecule is CC(C)C#Cc1ccc(N(F)C(=O)O[C@H]2CC/C=C\CCC2)cc1. The Morgan fingerprint density at radius 2 is 1.92 bits per heavy atom. The van der Waals surface area contributed by atoms with Gasteiger partial charge in [0.2, 0.25) is 0 Å². The van der Waals surface area contributed by atoms with Gasteiger partial charge in [-0.05, 0) is 56.4 Å². The van der Waals surface area contributed by atoms with Gasteiger partial charge >= 0.3 is 6.09 Å². The Morgan fingerprint density at radius 3 is 2.62 bits per heavy atom. The molecule has 2 rings (SSSR count). The van der Waals surface area contributed by atoms with Crippen molar-refractivity contribution in [3.05, 3.63) is 42.0 Å². The molecule has 0 aliphatic heterocycles. The molecule has 1 atom stereocenters. The number of ether oxygens (including phenoxy) is 1. The summed E-state index contributed by atoms with van der Waals surface area (Å²) in [7, 11) is 0. The zero-order valence-corrected chi connectivity index (χ0v) is 14.3. The van der Waals surface area contributed by atoms with Crippen molar-refractivity contribution in [2.75, 3.05) is 5.12 Å². The summed E-state index contributed by atoms with van der Waals surface area (Å²) in [4.78, 5) is 12.0. The van der Waals surface area contributed by atoms with Crippen LogP contribution >= 0.6 is 0 Å². The van der Waals surface area contributed by atoms with Gasteiger partial charge in [-0.2, -0.15) is 0 Å². The summed E-state index contributed by atoms with van der Waals surface area (Å²) in [5, 5.41) is 0.0637. The van der Waals surface area contributed by atoms with E-state index in [1.165, 1.54) is 12.1 Å². The predicted octanol–water partition coefficient (Wildman–Crippen LogP) is 5.41. The van der Waals surface area contributed by atoms with Crippen LogP contribution < -0.4 is 5.12 Å². The molecule has 0 bridgehead atoms. The third-order valence-electron chi connectivity index (χ3n) is 3.75. The third-order valence-corrected chi connectivity index (χ3v) is 3.75. The van der Waals surface area contributed by atoms with Crippen LogP contribution in [0.1, 0.15) is 51.5 Å². The van der Waals surface area contributed by atoms with Crippen LogP contribution in [0.3, 0.4) is 0 Å². The molecule has 0 fully saturated rings. The minimum absolute atomic E-state index is 0.0637. The topological polar surface area (TPSA) is 29.5 Å². The summed E-state index contributed by atoms with van der Waals surface area (Å²) < 4.78 is 19.5. The van der Waals surface area contributed by atoms with Crippen LogP contribution in [0.15, 0.2) is 36.4 Å². The Hall–Kier alpha value is -2.28. The van der Waals surface area contributed by atoms with Crippen molar-refractivity contribution in [3.63, 3.8) is 0 Å². The lowest BCUT2D eigenvalue weighted by molar-refractivity contribution is 0.0829. The van der Waals surface area contributed by atoms with Crippen molar-refractivity contribution in [3.8, 4) is 11.8 Å². The van der Waals surface area contributed by atoms with Crippen LogP contribution in [-0.4, -0.2) is 12.2 Å². The summed E-state index contributed by atoms with van der Waals surface area (Å²) in [6.45, 7) is 4.01. The highest BCUT2D eigenvalue weighted by molar-refractivity contribution is 5.85. The van der Waals surface area contributed by atoms with E-state index in [0.29, 0.717) is 0 Å². The molecule has 0 saturated heterocycles. The molecule has 0 unspecified atom stereocenters. The second kappa shape index (κ2) is 9.12. The number of anilines is 1. The van der Waals surface area contributed by atoms with Gasteiger partial charge < -0.3 is 4.74 Å². The maximum Gasteiger partial charge on any atom is 0.443 e. The average molecular weight is 329 g/mol. The lowest BCUT2D eigenvalue weighted by Gasteiger charge is -2.20. The van der Waals surface area contributed by atoms with Gasteiger partial charge in [-0.15, -0.1) is 5.12 Å². The molecule has 1 aliphatic carbocycles. The quantitative estimate of drug-likeness (QED) is 0.412. The largest absolute Gasteiger partial charge is 0.444 e. The van der Waals surface area contributed by atoms with E-state index in [2.05, 4.69) is 24.0 Å². The second-order valence-electron chi connectivity index (χ2n) is 6.24. The van der Waals surface area contributed by atoms with Gasteiger partial charge in [0.1, 0.15) is 6.10 Å². The predicted molar refractivity (Wildman–Crippen MR) is 94.2 cm³/mol. The van der Waals surface area contributed by atoms with E-state index in [-0.39, 0.29) is 22.8 Å². The number of carbonyl (C=O) groups is 1. The summed E-state index contributed by atoms with van der Waals surface area (Å²) >= 11 is 0. The number of amides is 1. The molecule has 1 aliphatic rings. The van der Waals surface area contributed by atoms with Gasteiger partial charge in [0.15, 0.2) is 0 Å². The molecule has 0 aromatic heterocycles. The van der Waals surface area contributed by atoms with Gasteiger partial charge in [0.05, 0.1) is 5.69 Å². The van der Waals surface area contributed by atoms with Crippen molar-refractivity contribution >= 4 is 11.8 Å². The molecule has 0 N–H and O–H groups in total. The van der Waals surface area contributed by atoms with E-state index in [1.807, 2.05) is 13.8 Å². The van der Waals surface area contributed by atoms with Crippen molar-refractivity contribution < 1.29 is 14.0 Å². The standard InChI is InChI=1S/C20H24FNO2/c1-16(2)10-11-17-12-14-18(15-13-17)22(21)20(23)24-19-8-6-4-3-5-7-9-19/h3-4,12-16,19H,5-9H2,1-2H3/b4-3-/t19-/m0/s1. The number of hydrogen-bond donors (Lipinski definition) is 0. The maximum atomic E-state index is 14.2. The monoisotopic (exact) mass is 329 g/mol. The van der Waals surface area contributed by atoms with Crippen molar-refractivity contribution in [1.82, 2.24) is 0 Å². The zero-order chi connectivity index (χ0) is 17.4. The highest BCUT2D eigenvalue weighted by Crippen LogP contribution is 2.20. The Balaban J connectivity index is 1.94. The first-order valence-electron chi connectivity index (χ1n) is 8.49. The first-order chi connectivity index (χ1) is 11.6. The van der Waals surface area contributed by atoms with Gasteiger partial charge in [-0.3, -0.25) is 0 Å². The fourth-order valence-corrected chi connectivity index (χ4v) is 2.44. The highest BCUT2D eigenvalue weighted by atomic mass is 19.2. The minimum Gasteiger partial charge on any atom is -0.444 e. The molecule has 3 nitrogen and oxygen atoms in total. The van der Waals surface area contributed by atoms with Gasteiger partial charge in [0.25, 0.3) is 0 Å². The molecule has 128 valence electrons.